The van der Waals surface area contributed by atoms with Crippen LogP contribution in [0.2, 0.25) is 5.02 Å². The molecular formula is C13H16ClN3O3S. The average Bonchev–Trinajstić information content (AvgIpc) is 2.46. The molecule has 0 aromatic carbocycles. The number of amides is 1. The molecule has 1 aliphatic rings. The highest BCUT2D eigenvalue weighted by molar-refractivity contribution is 7.98. The van der Waals surface area contributed by atoms with Crippen LogP contribution < -0.4 is 0 Å². The van der Waals surface area contributed by atoms with E-state index in [0.29, 0.717) is 18.2 Å². The van der Waals surface area contributed by atoms with Crippen molar-refractivity contribution in [1.29, 1.82) is 0 Å². The third-order valence-corrected chi connectivity index (χ3v) is 4.22. The Morgan fingerprint density at radius 1 is 1.57 bits per heavy atom. The SMILES string of the molecule is CSc1ncc(Cl)c(C(=O)N2CCCC(CC(=O)O)C2)n1. The zero-order chi connectivity index (χ0) is 15.4. The summed E-state index contributed by atoms with van der Waals surface area (Å²) in [6, 6.07) is 0. The summed E-state index contributed by atoms with van der Waals surface area (Å²) >= 11 is 7.35. The second-order valence-corrected chi connectivity index (χ2v) is 6.09. The molecule has 1 aliphatic heterocycles. The Morgan fingerprint density at radius 2 is 2.33 bits per heavy atom. The van der Waals surface area contributed by atoms with E-state index in [-0.39, 0.29) is 29.0 Å². The summed E-state index contributed by atoms with van der Waals surface area (Å²) in [7, 11) is 0. The molecule has 1 N–H and O–H groups in total. The van der Waals surface area contributed by atoms with Crippen LogP contribution in [0.4, 0.5) is 0 Å². The van der Waals surface area contributed by atoms with E-state index in [1.807, 2.05) is 6.26 Å². The fraction of sp³-hybridized carbons (Fsp3) is 0.538. The van der Waals surface area contributed by atoms with E-state index in [0.717, 1.165) is 12.8 Å². The van der Waals surface area contributed by atoms with E-state index in [9.17, 15) is 9.59 Å². The van der Waals surface area contributed by atoms with Gasteiger partial charge in [0.05, 0.1) is 11.2 Å². The molecule has 21 heavy (non-hydrogen) atoms. The second kappa shape index (κ2) is 7.09. The first-order valence-electron chi connectivity index (χ1n) is 6.59. The molecule has 0 aliphatic carbocycles. The van der Waals surface area contributed by atoms with Crippen LogP contribution in [0.3, 0.4) is 0 Å². The smallest absolute Gasteiger partial charge is 0.303 e. The number of aromatic nitrogens is 2. The molecule has 1 aromatic rings. The molecule has 1 saturated heterocycles. The maximum absolute atomic E-state index is 12.5. The topological polar surface area (TPSA) is 83.4 Å². The lowest BCUT2D eigenvalue weighted by Crippen LogP contribution is -2.41. The van der Waals surface area contributed by atoms with Gasteiger partial charge < -0.3 is 10.0 Å². The van der Waals surface area contributed by atoms with Gasteiger partial charge in [-0.2, -0.15) is 0 Å². The lowest BCUT2D eigenvalue weighted by molar-refractivity contribution is -0.138. The molecule has 1 atom stereocenters. The maximum Gasteiger partial charge on any atom is 0.303 e. The minimum absolute atomic E-state index is 0.0131. The van der Waals surface area contributed by atoms with E-state index in [4.69, 9.17) is 16.7 Å². The van der Waals surface area contributed by atoms with Crippen molar-refractivity contribution in [2.24, 2.45) is 5.92 Å². The van der Waals surface area contributed by atoms with Crippen molar-refractivity contribution < 1.29 is 14.7 Å². The Balaban J connectivity index is 2.13. The van der Waals surface area contributed by atoms with Gasteiger partial charge in [-0.05, 0) is 25.0 Å². The minimum Gasteiger partial charge on any atom is -0.481 e. The number of carboxylic acids is 1. The van der Waals surface area contributed by atoms with Crippen molar-refractivity contribution in [2.75, 3.05) is 19.3 Å². The first-order valence-corrected chi connectivity index (χ1v) is 8.19. The van der Waals surface area contributed by atoms with Gasteiger partial charge in [-0.3, -0.25) is 9.59 Å². The fourth-order valence-corrected chi connectivity index (χ4v) is 2.92. The predicted molar refractivity (Wildman–Crippen MR) is 79.7 cm³/mol. The largest absolute Gasteiger partial charge is 0.481 e. The van der Waals surface area contributed by atoms with Crippen LogP contribution in [0.1, 0.15) is 29.8 Å². The molecule has 2 heterocycles. The molecule has 1 unspecified atom stereocenters. The number of carbonyl (C=O) groups is 2. The Bertz CT molecular complexity index is 555. The highest BCUT2D eigenvalue weighted by atomic mass is 35.5. The molecule has 114 valence electrons. The molecular weight excluding hydrogens is 314 g/mol. The Morgan fingerprint density at radius 3 is 3.00 bits per heavy atom. The quantitative estimate of drug-likeness (QED) is 0.673. The number of rotatable bonds is 4. The fourth-order valence-electron chi connectivity index (χ4n) is 2.41. The van der Waals surface area contributed by atoms with Crippen LogP contribution in [-0.2, 0) is 4.79 Å². The van der Waals surface area contributed by atoms with Crippen molar-refractivity contribution >= 4 is 35.2 Å². The van der Waals surface area contributed by atoms with Crippen molar-refractivity contribution in [2.45, 2.75) is 24.4 Å². The Kier molecular flexibility index (Phi) is 5.41. The van der Waals surface area contributed by atoms with Gasteiger partial charge in [-0.25, -0.2) is 9.97 Å². The van der Waals surface area contributed by atoms with Gasteiger partial charge >= 0.3 is 5.97 Å². The number of carboxylic acid groups (broad SMARTS) is 1. The number of hydrogen-bond donors (Lipinski definition) is 1. The van der Waals surface area contributed by atoms with Crippen molar-refractivity contribution in [3.05, 3.63) is 16.9 Å². The first kappa shape index (κ1) is 16.0. The number of thioether (sulfide) groups is 1. The normalized spacial score (nSPS) is 18.6. The van der Waals surface area contributed by atoms with Crippen molar-refractivity contribution in [1.82, 2.24) is 14.9 Å². The number of nitrogens with zero attached hydrogens (tertiary/aromatic N) is 3. The van der Waals surface area contributed by atoms with E-state index in [1.165, 1.54) is 18.0 Å². The highest BCUT2D eigenvalue weighted by Crippen LogP contribution is 2.23. The monoisotopic (exact) mass is 329 g/mol. The number of aliphatic carboxylic acids is 1. The summed E-state index contributed by atoms with van der Waals surface area (Å²) < 4.78 is 0. The van der Waals surface area contributed by atoms with Crippen LogP contribution in [0.25, 0.3) is 0 Å². The van der Waals surface area contributed by atoms with Gasteiger partial charge in [0.2, 0.25) is 0 Å². The van der Waals surface area contributed by atoms with Gasteiger partial charge in [0.25, 0.3) is 5.91 Å². The van der Waals surface area contributed by atoms with E-state index >= 15 is 0 Å². The van der Waals surface area contributed by atoms with Crippen molar-refractivity contribution in [3.63, 3.8) is 0 Å². The third-order valence-electron chi connectivity index (χ3n) is 3.38. The summed E-state index contributed by atoms with van der Waals surface area (Å²) in [5, 5.41) is 9.58. The summed E-state index contributed by atoms with van der Waals surface area (Å²) in [5.41, 5.74) is 0.187. The van der Waals surface area contributed by atoms with E-state index in [1.54, 1.807) is 4.90 Å². The number of hydrogen-bond acceptors (Lipinski definition) is 5. The molecule has 0 bridgehead atoms. The predicted octanol–water partition coefficient (Wildman–Crippen LogP) is 2.18. The lowest BCUT2D eigenvalue weighted by atomic mass is 9.94. The molecule has 0 spiro atoms. The molecule has 1 amide bonds. The second-order valence-electron chi connectivity index (χ2n) is 4.91. The molecule has 8 heteroatoms. The van der Waals surface area contributed by atoms with Gasteiger partial charge in [0.1, 0.15) is 0 Å². The number of halogens is 1. The molecule has 0 radical (unpaired) electrons. The van der Waals surface area contributed by atoms with Crippen molar-refractivity contribution in [3.8, 4) is 0 Å². The van der Waals surface area contributed by atoms with E-state index < -0.39 is 5.97 Å². The maximum atomic E-state index is 12.5. The van der Waals surface area contributed by atoms with Crippen LogP contribution in [-0.4, -0.2) is 51.2 Å². The van der Waals surface area contributed by atoms with Gasteiger partial charge in [-0.1, -0.05) is 23.4 Å². The van der Waals surface area contributed by atoms with Gasteiger partial charge in [-0.15, -0.1) is 0 Å². The molecule has 6 nitrogen and oxygen atoms in total. The zero-order valence-corrected chi connectivity index (χ0v) is 13.2. The number of likely N-dealkylation sites (tertiary alicyclic amines) is 1. The van der Waals surface area contributed by atoms with E-state index in [2.05, 4.69) is 9.97 Å². The summed E-state index contributed by atoms with van der Waals surface area (Å²) in [6.45, 7) is 1.03. The van der Waals surface area contributed by atoms with Crippen LogP contribution in [0.15, 0.2) is 11.4 Å². The highest BCUT2D eigenvalue weighted by Gasteiger charge is 2.28. The Hall–Kier alpha value is -1.34. The number of carbonyl (C=O) groups excluding carboxylic acids is 1. The molecule has 1 fully saturated rings. The average molecular weight is 330 g/mol. The summed E-state index contributed by atoms with van der Waals surface area (Å²) in [5.74, 6) is -1.10. The molecule has 0 saturated carbocycles. The molecule has 1 aromatic heterocycles. The summed E-state index contributed by atoms with van der Waals surface area (Å²) in [4.78, 5) is 33.1. The molecule has 2 rings (SSSR count). The Labute approximate surface area is 131 Å². The third kappa shape index (κ3) is 4.07. The summed E-state index contributed by atoms with van der Waals surface area (Å²) in [6.07, 6.45) is 4.94. The lowest BCUT2D eigenvalue weighted by Gasteiger charge is -2.32. The minimum atomic E-state index is -0.834. The van der Waals surface area contributed by atoms with Gasteiger partial charge in [0, 0.05) is 19.5 Å². The van der Waals surface area contributed by atoms with Gasteiger partial charge in [0.15, 0.2) is 10.9 Å². The standard InChI is InChI=1S/C13H16ClN3O3S/c1-21-13-15-6-9(14)11(16-13)12(20)17-4-2-3-8(7-17)5-10(18)19/h6,8H,2-5,7H2,1H3,(H,18,19). The number of piperidine rings is 1. The first-order chi connectivity index (χ1) is 10.0. The van der Waals surface area contributed by atoms with Crippen LogP contribution in [0.5, 0.6) is 0 Å². The van der Waals surface area contributed by atoms with Crippen LogP contribution >= 0.6 is 23.4 Å². The van der Waals surface area contributed by atoms with Crippen LogP contribution in [0, 0.1) is 5.92 Å². The zero-order valence-electron chi connectivity index (χ0n) is 11.6.